The van der Waals surface area contributed by atoms with Gasteiger partial charge in [-0.05, 0) is 49.4 Å². The van der Waals surface area contributed by atoms with Gasteiger partial charge in [-0.3, -0.25) is 0 Å². The lowest BCUT2D eigenvalue weighted by Gasteiger charge is -2.20. The number of aryl methyl sites for hydroxylation is 1. The van der Waals surface area contributed by atoms with E-state index >= 15 is 0 Å². The summed E-state index contributed by atoms with van der Waals surface area (Å²) in [4.78, 5) is 0. The van der Waals surface area contributed by atoms with Gasteiger partial charge in [0.05, 0.1) is 0 Å². The van der Waals surface area contributed by atoms with Gasteiger partial charge in [0.25, 0.3) is 0 Å². The molecule has 0 saturated carbocycles. The Morgan fingerprint density at radius 2 is 2.06 bits per heavy atom. The van der Waals surface area contributed by atoms with Crippen molar-refractivity contribution in [2.45, 2.75) is 46.1 Å². The van der Waals surface area contributed by atoms with Crippen molar-refractivity contribution in [3.8, 4) is 0 Å². The van der Waals surface area contributed by atoms with Crippen LogP contribution in [0.1, 0.15) is 39.2 Å². The summed E-state index contributed by atoms with van der Waals surface area (Å²) in [7, 11) is 0. The Morgan fingerprint density at radius 1 is 1.33 bits per heavy atom. The molecule has 0 bridgehead atoms. The van der Waals surface area contributed by atoms with E-state index < -0.39 is 0 Å². The summed E-state index contributed by atoms with van der Waals surface area (Å²) < 4.78 is 13.9. The Morgan fingerprint density at radius 3 is 2.61 bits per heavy atom. The second-order valence-corrected chi connectivity index (χ2v) is 6.01. The van der Waals surface area contributed by atoms with Crippen molar-refractivity contribution >= 4 is 15.9 Å². The van der Waals surface area contributed by atoms with E-state index in [4.69, 9.17) is 0 Å². The van der Waals surface area contributed by atoms with Crippen LogP contribution in [-0.2, 0) is 6.42 Å². The third-order valence-electron chi connectivity index (χ3n) is 3.03. The highest BCUT2D eigenvalue weighted by atomic mass is 79.9. The summed E-state index contributed by atoms with van der Waals surface area (Å²) in [5.41, 5.74) is 1.18. The second kappa shape index (κ2) is 7.90. The second-order valence-electron chi connectivity index (χ2n) is 5.16. The molecular formula is C15H23BrFN. The van der Waals surface area contributed by atoms with Gasteiger partial charge in [-0.1, -0.05) is 42.8 Å². The summed E-state index contributed by atoms with van der Waals surface area (Å²) in [6.45, 7) is 7.64. The van der Waals surface area contributed by atoms with Crippen molar-refractivity contribution in [3.05, 3.63) is 34.1 Å². The lowest BCUT2D eigenvalue weighted by Crippen LogP contribution is -2.30. The molecule has 0 aromatic heterocycles. The quantitative estimate of drug-likeness (QED) is 0.778. The fraction of sp³-hybridized carbons (Fsp3) is 0.600. The SMILES string of the molecule is CCNC(CCc1ccc(F)cc1Br)CC(C)C. The van der Waals surface area contributed by atoms with E-state index in [2.05, 4.69) is 42.0 Å². The minimum Gasteiger partial charge on any atom is -0.314 e. The number of nitrogens with one attached hydrogen (secondary N) is 1. The third-order valence-corrected chi connectivity index (χ3v) is 3.76. The maximum atomic E-state index is 13.0. The van der Waals surface area contributed by atoms with E-state index in [0.717, 1.165) is 23.9 Å². The summed E-state index contributed by atoms with van der Waals surface area (Å²) in [5, 5.41) is 3.53. The largest absolute Gasteiger partial charge is 0.314 e. The van der Waals surface area contributed by atoms with Crippen molar-refractivity contribution in [2.75, 3.05) is 6.54 Å². The van der Waals surface area contributed by atoms with Crippen LogP contribution in [0.25, 0.3) is 0 Å². The van der Waals surface area contributed by atoms with Crippen LogP contribution in [0.5, 0.6) is 0 Å². The molecule has 0 saturated heterocycles. The van der Waals surface area contributed by atoms with Gasteiger partial charge >= 0.3 is 0 Å². The van der Waals surface area contributed by atoms with Crippen molar-refractivity contribution in [2.24, 2.45) is 5.92 Å². The first-order valence-corrected chi connectivity index (χ1v) is 7.49. The number of halogens is 2. The summed E-state index contributed by atoms with van der Waals surface area (Å²) in [6, 6.07) is 5.50. The Hall–Kier alpha value is -0.410. The van der Waals surface area contributed by atoms with Crippen LogP contribution in [0, 0.1) is 11.7 Å². The molecule has 1 N–H and O–H groups in total. The van der Waals surface area contributed by atoms with Crippen molar-refractivity contribution in [3.63, 3.8) is 0 Å². The molecule has 18 heavy (non-hydrogen) atoms. The molecule has 0 aliphatic heterocycles. The summed E-state index contributed by atoms with van der Waals surface area (Å²) in [6.07, 6.45) is 3.26. The van der Waals surface area contributed by atoms with Crippen LogP contribution in [-0.4, -0.2) is 12.6 Å². The van der Waals surface area contributed by atoms with Crippen LogP contribution < -0.4 is 5.32 Å². The van der Waals surface area contributed by atoms with Gasteiger partial charge in [-0.2, -0.15) is 0 Å². The van der Waals surface area contributed by atoms with Crippen LogP contribution in [0.2, 0.25) is 0 Å². The maximum Gasteiger partial charge on any atom is 0.124 e. The monoisotopic (exact) mass is 315 g/mol. The molecule has 0 fully saturated rings. The highest BCUT2D eigenvalue weighted by Gasteiger charge is 2.11. The molecule has 0 aliphatic carbocycles. The van der Waals surface area contributed by atoms with E-state index in [9.17, 15) is 4.39 Å². The molecule has 0 amide bonds. The lowest BCUT2D eigenvalue weighted by molar-refractivity contribution is 0.405. The van der Waals surface area contributed by atoms with E-state index in [1.165, 1.54) is 18.1 Å². The average molecular weight is 316 g/mol. The van der Waals surface area contributed by atoms with Gasteiger partial charge < -0.3 is 5.32 Å². The minimum absolute atomic E-state index is 0.184. The normalized spacial score (nSPS) is 13.0. The Labute approximate surface area is 118 Å². The Bertz CT molecular complexity index is 366. The number of benzene rings is 1. The smallest absolute Gasteiger partial charge is 0.124 e. The molecule has 1 aromatic carbocycles. The molecule has 0 spiro atoms. The number of rotatable bonds is 7. The molecule has 3 heteroatoms. The Kier molecular flexibility index (Phi) is 6.87. The highest BCUT2D eigenvalue weighted by molar-refractivity contribution is 9.10. The first-order chi connectivity index (χ1) is 8.52. The topological polar surface area (TPSA) is 12.0 Å². The van der Waals surface area contributed by atoms with Gasteiger partial charge in [0.15, 0.2) is 0 Å². The van der Waals surface area contributed by atoms with Crippen LogP contribution >= 0.6 is 15.9 Å². The predicted molar refractivity (Wildman–Crippen MR) is 79.3 cm³/mol. The van der Waals surface area contributed by atoms with E-state index in [1.807, 2.05) is 6.07 Å². The van der Waals surface area contributed by atoms with Crippen LogP contribution in [0.15, 0.2) is 22.7 Å². The van der Waals surface area contributed by atoms with E-state index in [1.54, 1.807) is 6.07 Å². The van der Waals surface area contributed by atoms with Gasteiger partial charge in [0.2, 0.25) is 0 Å². The van der Waals surface area contributed by atoms with Gasteiger partial charge in [0, 0.05) is 10.5 Å². The standard InChI is InChI=1S/C15H23BrFN/c1-4-18-14(9-11(2)3)8-6-12-5-7-13(17)10-15(12)16/h5,7,10-11,14,18H,4,6,8-9H2,1-3H3. The van der Waals surface area contributed by atoms with Crippen molar-refractivity contribution < 1.29 is 4.39 Å². The lowest BCUT2D eigenvalue weighted by atomic mass is 9.97. The molecule has 1 unspecified atom stereocenters. The zero-order valence-corrected chi connectivity index (χ0v) is 13.1. The van der Waals surface area contributed by atoms with Gasteiger partial charge in [-0.15, -0.1) is 0 Å². The fourth-order valence-corrected chi connectivity index (χ4v) is 2.76. The summed E-state index contributed by atoms with van der Waals surface area (Å²) in [5.74, 6) is 0.516. The molecular weight excluding hydrogens is 293 g/mol. The first kappa shape index (κ1) is 15.6. The zero-order chi connectivity index (χ0) is 13.5. The Balaban J connectivity index is 2.55. The zero-order valence-electron chi connectivity index (χ0n) is 11.5. The molecule has 0 heterocycles. The summed E-state index contributed by atoms with van der Waals surface area (Å²) >= 11 is 3.43. The molecule has 0 aliphatic rings. The van der Waals surface area contributed by atoms with Crippen LogP contribution in [0.3, 0.4) is 0 Å². The van der Waals surface area contributed by atoms with Crippen molar-refractivity contribution in [1.29, 1.82) is 0 Å². The fourth-order valence-electron chi connectivity index (χ4n) is 2.22. The molecule has 1 aromatic rings. The molecule has 0 radical (unpaired) electrons. The van der Waals surface area contributed by atoms with Gasteiger partial charge in [-0.25, -0.2) is 4.39 Å². The predicted octanol–water partition coefficient (Wildman–Crippen LogP) is 4.55. The van der Waals surface area contributed by atoms with Crippen molar-refractivity contribution in [1.82, 2.24) is 5.32 Å². The average Bonchev–Trinajstić information content (AvgIpc) is 2.27. The first-order valence-electron chi connectivity index (χ1n) is 6.70. The van der Waals surface area contributed by atoms with E-state index in [0.29, 0.717) is 12.0 Å². The molecule has 102 valence electrons. The molecule has 1 rings (SSSR count). The van der Waals surface area contributed by atoms with E-state index in [-0.39, 0.29) is 5.82 Å². The highest BCUT2D eigenvalue weighted by Crippen LogP contribution is 2.21. The number of hydrogen-bond donors (Lipinski definition) is 1. The van der Waals surface area contributed by atoms with Gasteiger partial charge in [0.1, 0.15) is 5.82 Å². The minimum atomic E-state index is -0.184. The van der Waals surface area contributed by atoms with Crippen LogP contribution in [0.4, 0.5) is 4.39 Å². The molecule has 1 atom stereocenters. The number of hydrogen-bond acceptors (Lipinski definition) is 1. The third kappa shape index (κ3) is 5.49. The molecule has 1 nitrogen and oxygen atoms in total. The maximum absolute atomic E-state index is 13.0.